The summed E-state index contributed by atoms with van der Waals surface area (Å²) in [7, 11) is 3.04. The molecule has 0 aliphatic rings. The lowest BCUT2D eigenvalue weighted by molar-refractivity contribution is 0.0952. The first-order valence-corrected chi connectivity index (χ1v) is 9.50. The first-order valence-electron chi connectivity index (χ1n) is 9.12. The molecule has 0 atom stereocenters. The predicted molar refractivity (Wildman–Crippen MR) is 117 cm³/mol. The van der Waals surface area contributed by atoms with Crippen molar-refractivity contribution >= 4 is 23.7 Å². The van der Waals surface area contributed by atoms with Gasteiger partial charge in [-0.05, 0) is 35.9 Å². The Hall–Kier alpha value is -3.51. The molecule has 3 aromatic carbocycles. The molecule has 154 valence electrons. The number of benzene rings is 3. The van der Waals surface area contributed by atoms with E-state index in [1.807, 2.05) is 48.5 Å². The average Bonchev–Trinajstić information content (AvgIpc) is 2.78. The number of carbonyl (C=O) groups excluding carboxylic acids is 1. The number of hydrogen-bond donors (Lipinski definition) is 1. The third kappa shape index (κ3) is 5.52. The van der Waals surface area contributed by atoms with Crippen molar-refractivity contribution < 1.29 is 19.0 Å². The van der Waals surface area contributed by atoms with Gasteiger partial charge in [0.25, 0.3) is 5.91 Å². The van der Waals surface area contributed by atoms with E-state index < -0.39 is 5.91 Å². The van der Waals surface area contributed by atoms with Crippen LogP contribution in [0.5, 0.6) is 17.2 Å². The number of amides is 1. The van der Waals surface area contributed by atoms with E-state index in [1.54, 1.807) is 25.3 Å². The highest BCUT2D eigenvalue weighted by molar-refractivity contribution is 6.31. The number of nitrogens with zero attached hydrogens (tertiary/aromatic N) is 1. The van der Waals surface area contributed by atoms with Crippen molar-refractivity contribution in [2.24, 2.45) is 5.10 Å². The standard InChI is InChI=1S/C23H21ClN2O4/c1-28-18-10-11-20(22(13-18)29-2)23(27)26-25-14-16-6-5-8-19(12-16)30-15-17-7-3-4-9-21(17)24/h3-14H,15H2,1-2H3,(H,26,27)/b25-14-. The van der Waals surface area contributed by atoms with Crippen LogP contribution in [0.3, 0.4) is 0 Å². The molecule has 3 rings (SSSR count). The largest absolute Gasteiger partial charge is 0.497 e. The second-order valence-corrected chi connectivity index (χ2v) is 6.63. The fraction of sp³-hybridized carbons (Fsp3) is 0.130. The fourth-order valence-electron chi connectivity index (χ4n) is 2.67. The quantitative estimate of drug-likeness (QED) is 0.420. The van der Waals surface area contributed by atoms with Gasteiger partial charge in [0.1, 0.15) is 23.9 Å². The molecular formula is C23H21ClN2O4. The maximum Gasteiger partial charge on any atom is 0.275 e. The van der Waals surface area contributed by atoms with Crippen LogP contribution in [0.1, 0.15) is 21.5 Å². The van der Waals surface area contributed by atoms with Gasteiger partial charge in [-0.3, -0.25) is 4.79 Å². The highest BCUT2D eigenvalue weighted by Crippen LogP contribution is 2.24. The molecule has 7 heteroatoms. The maximum atomic E-state index is 12.4. The molecule has 0 aliphatic carbocycles. The first kappa shape index (κ1) is 21.2. The van der Waals surface area contributed by atoms with Crippen molar-refractivity contribution in [3.63, 3.8) is 0 Å². The molecule has 6 nitrogen and oxygen atoms in total. The van der Waals surface area contributed by atoms with Crippen LogP contribution in [-0.4, -0.2) is 26.3 Å². The number of ether oxygens (including phenoxy) is 3. The molecule has 0 bridgehead atoms. The van der Waals surface area contributed by atoms with Crippen LogP contribution < -0.4 is 19.6 Å². The van der Waals surface area contributed by atoms with Gasteiger partial charge in [-0.15, -0.1) is 0 Å². The van der Waals surface area contributed by atoms with Crippen LogP contribution in [0.2, 0.25) is 5.02 Å². The minimum Gasteiger partial charge on any atom is -0.497 e. The summed E-state index contributed by atoms with van der Waals surface area (Å²) < 4.78 is 16.2. The van der Waals surface area contributed by atoms with E-state index in [0.717, 1.165) is 11.1 Å². The molecule has 30 heavy (non-hydrogen) atoms. The monoisotopic (exact) mass is 424 g/mol. The Morgan fingerprint density at radius 2 is 1.83 bits per heavy atom. The van der Waals surface area contributed by atoms with Crippen LogP contribution in [0.15, 0.2) is 71.8 Å². The Labute approximate surface area is 180 Å². The highest BCUT2D eigenvalue weighted by Gasteiger charge is 2.12. The lowest BCUT2D eigenvalue weighted by atomic mass is 10.2. The minimum absolute atomic E-state index is 0.354. The van der Waals surface area contributed by atoms with Gasteiger partial charge in [0.2, 0.25) is 0 Å². The molecule has 0 spiro atoms. The topological polar surface area (TPSA) is 69.2 Å². The second kappa shape index (κ2) is 10.3. The predicted octanol–water partition coefficient (Wildman–Crippen LogP) is 4.70. The smallest absolute Gasteiger partial charge is 0.275 e. The summed E-state index contributed by atoms with van der Waals surface area (Å²) >= 11 is 6.15. The Morgan fingerprint density at radius 1 is 1.00 bits per heavy atom. The van der Waals surface area contributed by atoms with E-state index in [1.165, 1.54) is 13.3 Å². The van der Waals surface area contributed by atoms with Crippen molar-refractivity contribution in [1.29, 1.82) is 0 Å². The SMILES string of the molecule is COc1ccc(C(=O)N/N=C\c2cccc(OCc3ccccc3Cl)c2)c(OC)c1. The van der Waals surface area contributed by atoms with Gasteiger partial charge in [0.15, 0.2) is 0 Å². The molecule has 0 saturated carbocycles. The molecule has 1 amide bonds. The minimum atomic E-state index is -0.392. The zero-order valence-electron chi connectivity index (χ0n) is 16.6. The highest BCUT2D eigenvalue weighted by atomic mass is 35.5. The van der Waals surface area contributed by atoms with Gasteiger partial charge in [0, 0.05) is 16.7 Å². The van der Waals surface area contributed by atoms with E-state index in [-0.39, 0.29) is 0 Å². The van der Waals surface area contributed by atoms with Crippen molar-refractivity contribution in [1.82, 2.24) is 5.43 Å². The molecule has 0 aliphatic heterocycles. The van der Waals surface area contributed by atoms with Crippen LogP contribution in [0, 0.1) is 0 Å². The molecule has 0 saturated heterocycles. The summed E-state index contributed by atoms with van der Waals surface area (Å²) in [5.74, 6) is 1.27. The number of rotatable bonds is 8. The van der Waals surface area contributed by atoms with Crippen molar-refractivity contribution in [2.45, 2.75) is 6.61 Å². The Morgan fingerprint density at radius 3 is 2.60 bits per heavy atom. The molecule has 0 fully saturated rings. The number of nitrogens with one attached hydrogen (secondary N) is 1. The molecule has 1 N–H and O–H groups in total. The summed E-state index contributed by atoms with van der Waals surface area (Å²) in [6.07, 6.45) is 1.54. The van der Waals surface area contributed by atoms with E-state index >= 15 is 0 Å². The van der Waals surface area contributed by atoms with Crippen molar-refractivity contribution in [3.05, 3.63) is 88.4 Å². The van der Waals surface area contributed by atoms with Gasteiger partial charge < -0.3 is 14.2 Å². The molecule has 3 aromatic rings. The normalized spacial score (nSPS) is 10.6. The summed E-state index contributed by atoms with van der Waals surface area (Å²) in [4.78, 5) is 12.4. The number of carbonyl (C=O) groups is 1. The third-order valence-corrected chi connectivity index (χ3v) is 4.61. The van der Waals surface area contributed by atoms with E-state index in [4.69, 9.17) is 25.8 Å². The molecule has 0 aromatic heterocycles. The van der Waals surface area contributed by atoms with Gasteiger partial charge >= 0.3 is 0 Å². The second-order valence-electron chi connectivity index (χ2n) is 6.22. The zero-order chi connectivity index (χ0) is 21.3. The van der Waals surface area contributed by atoms with Crippen LogP contribution in [0.25, 0.3) is 0 Å². The van der Waals surface area contributed by atoms with E-state index in [9.17, 15) is 4.79 Å². The number of methoxy groups -OCH3 is 2. The lowest BCUT2D eigenvalue weighted by Gasteiger charge is -2.09. The number of hydrazone groups is 1. The maximum absolute atomic E-state index is 12.4. The third-order valence-electron chi connectivity index (χ3n) is 4.24. The van der Waals surface area contributed by atoms with Crippen LogP contribution >= 0.6 is 11.6 Å². The van der Waals surface area contributed by atoms with Crippen LogP contribution in [-0.2, 0) is 6.61 Å². The summed E-state index contributed by atoms with van der Waals surface area (Å²) in [6.45, 7) is 0.355. The average molecular weight is 425 g/mol. The number of hydrogen-bond acceptors (Lipinski definition) is 5. The van der Waals surface area contributed by atoms with Crippen molar-refractivity contribution in [2.75, 3.05) is 14.2 Å². The Bertz CT molecular complexity index is 1050. The van der Waals surface area contributed by atoms with E-state index in [2.05, 4.69) is 10.5 Å². The summed E-state index contributed by atoms with van der Waals surface area (Å²) in [6, 6.07) is 19.8. The van der Waals surface area contributed by atoms with Gasteiger partial charge in [0.05, 0.1) is 26.0 Å². The molecular weight excluding hydrogens is 404 g/mol. The fourth-order valence-corrected chi connectivity index (χ4v) is 2.86. The van der Waals surface area contributed by atoms with Gasteiger partial charge in [-0.1, -0.05) is 41.9 Å². The summed E-state index contributed by atoms with van der Waals surface area (Å²) in [5, 5.41) is 4.68. The Kier molecular flexibility index (Phi) is 7.29. The lowest BCUT2D eigenvalue weighted by Crippen LogP contribution is -2.18. The Balaban J connectivity index is 1.62. The van der Waals surface area contributed by atoms with Crippen LogP contribution in [0.4, 0.5) is 0 Å². The summed E-state index contributed by atoms with van der Waals surface area (Å²) in [5.41, 5.74) is 4.52. The molecule has 0 unspecified atom stereocenters. The van der Waals surface area contributed by atoms with Gasteiger partial charge in [-0.25, -0.2) is 5.43 Å². The first-order chi connectivity index (χ1) is 14.6. The molecule has 0 heterocycles. The van der Waals surface area contributed by atoms with E-state index in [0.29, 0.717) is 34.4 Å². The van der Waals surface area contributed by atoms with Gasteiger partial charge in [-0.2, -0.15) is 5.10 Å². The molecule has 0 radical (unpaired) electrons. The zero-order valence-corrected chi connectivity index (χ0v) is 17.3. The number of halogens is 1. The van der Waals surface area contributed by atoms with Crippen molar-refractivity contribution in [3.8, 4) is 17.2 Å².